The van der Waals surface area contributed by atoms with Crippen LogP contribution in [0.15, 0.2) is 59.2 Å². The van der Waals surface area contributed by atoms with E-state index < -0.39 is 0 Å². The third kappa shape index (κ3) is 4.79. The summed E-state index contributed by atoms with van der Waals surface area (Å²) in [6.07, 6.45) is 7.05. The smallest absolute Gasteiger partial charge is 0.156 e. The molecule has 0 saturated carbocycles. The van der Waals surface area contributed by atoms with E-state index in [1.54, 1.807) is 0 Å². The zero-order chi connectivity index (χ0) is 22.0. The molecule has 4 nitrogen and oxygen atoms in total. The summed E-state index contributed by atoms with van der Waals surface area (Å²) in [5, 5.41) is 11.8. The Morgan fingerprint density at radius 1 is 1.06 bits per heavy atom. The van der Waals surface area contributed by atoms with Crippen LogP contribution in [0.2, 0.25) is 0 Å². The van der Waals surface area contributed by atoms with Crippen LogP contribution in [0, 0.1) is 25.2 Å². The number of aryl methyl sites for hydroxylation is 3. The number of benzene rings is 2. The van der Waals surface area contributed by atoms with E-state index in [1.807, 2.05) is 6.20 Å². The van der Waals surface area contributed by atoms with Crippen molar-refractivity contribution in [3.63, 3.8) is 0 Å². The molecule has 0 atom stereocenters. The first-order chi connectivity index (χ1) is 14.9. The van der Waals surface area contributed by atoms with Gasteiger partial charge in [0.1, 0.15) is 11.5 Å². The Balaban J connectivity index is 1.48. The van der Waals surface area contributed by atoms with Gasteiger partial charge in [-0.05, 0) is 85.6 Å². The molecule has 2 bridgehead atoms. The number of nitrogens with one attached hydrogen (secondary N) is 2. The zero-order valence-electron chi connectivity index (χ0n) is 18.9. The van der Waals surface area contributed by atoms with Gasteiger partial charge in [0.05, 0.1) is 12.3 Å². The number of nitrogens with zero attached hydrogens (tertiary/aromatic N) is 1. The standard InChI is InChI=1S/C27H31N3O/c1-17(2)11-12-31-22-9-8-21(19(4)14-22)7-6-20-15-24-23-10-5-18(3)13-25(23)30-27(26(24)28)29-16-20/h5,8-10,13-17,28H,6-7,11-12H2,1-4H3,(H,29,30). The maximum atomic E-state index is 8.54. The first kappa shape index (κ1) is 21.1. The average Bonchev–Trinajstić information content (AvgIpc) is 2.82. The summed E-state index contributed by atoms with van der Waals surface area (Å²) < 4.78 is 5.90. The molecule has 2 aromatic carbocycles. The Hall–Kier alpha value is -3.14. The summed E-state index contributed by atoms with van der Waals surface area (Å²) in [4.78, 5) is 4.66. The maximum absolute atomic E-state index is 8.54. The van der Waals surface area contributed by atoms with Crippen LogP contribution in [0.1, 0.15) is 48.9 Å². The Bertz CT molecular complexity index is 1110. The topological polar surface area (TPSA) is 57.5 Å². The minimum Gasteiger partial charge on any atom is -0.494 e. The van der Waals surface area contributed by atoms with E-state index in [4.69, 9.17) is 10.1 Å². The molecule has 2 heterocycles. The Morgan fingerprint density at radius 2 is 1.90 bits per heavy atom. The summed E-state index contributed by atoms with van der Waals surface area (Å²) in [6.45, 7) is 9.41. The summed E-state index contributed by atoms with van der Waals surface area (Å²) in [6, 6.07) is 12.7. The van der Waals surface area contributed by atoms with Crippen molar-refractivity contribution in [1.82, 2.24) is 5.32 Å². The van der Waals surface area contributed by atoms with Gasteiger partial charge in [-0.2, -0.15) is 0 Å². The van der Waals surface area contributed by atoms with Crippen molar-refractivity contribution in [2.75, 3.05) is 6.61 Å². The molecule has 0 spiro atoms. The van der Waals surface area contributed by atoms with E-state index in [1.165, 1.54) is 22.3 Å². The fraction of sp³-hybridized carbons (Fsp3) is 0.333. The number of fused-ring (bicyclic) bond motifs is 4. The number of rotatable bonds is 7. The van der Waals surface area contributed by atoms with Gasteiger partial charge in [0.25, 0.3) is 0 Å². The molecule has 2 N–H and O–H groups in total. The highest BCUT2D eigenvalue weighted by atomic mass is 16.5. The normalized spacial score (nSPS) is 14.9. The molecule has 2 aliphatic rings. The van der Waals surface area contributed by atoms with Crippen LogP contribution in [0.25, 0.3) is 5.57 Å². The minimum atomic E-state index is 0.460. The van der Waals surface area contributed by atoms with Crippen LogP contribution in [0.3, 0.4) is 0 Å². The van der Waals surface area contributed by atoms with E-state index in [2.05, 4.69) is 80.5 Å². The molecule has 0 radical (unpaired) electrons. The second-order valence-electron chi connectivity index (χ2n) is 8.90. The van der Waals surface area contributed by atoms with E-state index in [0.717, 1.165) is 48.4 Å². The van der Waals surface area contributed by atoms with Crippen molar-refractivity contribution in [1.29, 1.82) is 5.41 Å². The zero-order valence-corrected chi connectivity index (χ0v) is 18.9. The van der Waals surface area contributed by atoms with Gasteiger partial charge in [0, 0.05) is 17.3 Å². The van der Waals surface area contributed by atoms with Gasteiger partial charge in [-0.1, -0.05) is 32.0 Å². The number of allylic oxidation sites excluding steroid dienone is 2. The molecule has 2 aromatic rings. The highest BCUT2D eigenvalue weighted by Crippen LogP contribution is 2.35. The van der Waals surface area contributed by atoms with Gasteiger partial charge in [-0.15, -0.1) is 0 Å². The lowest BCUT2D eigenvalue weighted by atomic mass is 9.92. The molecule has 0 fully saturated rings. The molecular weight excluding hydrogens is 382 g/mol. The number of amidine groups is 1. The largest absolute Gasteiger partial charge is 0.494 e. The molecule has 31 heavy (non-hydrogen) atoms. The van der Waals surface area contributed by atoms with E-state index in [9.17, 15) is 0 Å². The van der Waals surface area contributed by atoms with Crippen LogP contribution in [-0.2, 0) is 6.42 Å². The van der Waals surface area contributed by atoms with Crippen molar-refractivity contribution < 1.29 is 4.74 Å². The summed E-state index contributed by atoms with van der Waals surface area (Å²) in [5.74, 6) is 2.23. The van der Waals surface area contributed by atoms with Gasteiger partial charge >= 0.3 is 0 Å². The van der Waals surface area contributed by atoms with Gasteiger partial charge in [0.2, 0.25) is 0 Å². The Labute approximate surface area is 185 Å². The van der Waals surface area contributed by atoms with E-state index >= 15 is 0 Å². The molecule has 160 valence electrons. The average molecular weight is 414 g/mol. The molecule has 0 saturated heterocycles. The lowest BCUT2D eigenvalue weighted by molar-refractivity contribution is 0.289. The predicted octanol–water partition coefficient (Wildman–Crippen LogP) is 6.30. The number of ether oxygens (including phenoxy) is 1. The van der Waals surface area contributed by atoms with Crippen LogP contribution in [-0.4, -0.2) is 18.2 Å². The molecule has 0 unspecified atom stereocenters. The second kappa shape index (κ2) is 8.93. The first-order valence-corrected chi connectivity index (χ1v) is 11.1. The van der Waals surface area contributed by atoms with Crippen LogP contribution in [0.4, 0.5) is 5.69 Å². The molecule has 0 aliphatic carbocycles. The lowest BCUT2D eigenvalue weighted by Crippen LogP contribution is -2.28. The predicted molar refractivity (Wildman–Crippen MR) is 130 cm³/mol. The number of aliphatic imine (C=N–C) groups is 1. The van der Waals surface area contributed by atoms with Gasteiger partial charge < -0.3 is 10.1 Å². The molecule has 0 aromatic heterocycles. The van der Waals surface area contributed by atoms with E-state index in [0.29, 0.717) is 17.5 Å². The van der Waals surface area contributed by atoms with Crippen LogP contribution in [0.5, 0.6) is 5.75 Å². The summed E-state index contributed by atoms with van der Waals surface area (Å²) in [7, 11) is 0. The quantitative estimate of drug-likeness (QED) is 0.560. The number of hydrogen-bond acceptors (Lipinski definition) is 4. The maximum Gasteiger partial charge on any atom is 0.156 e. The monoisotopic (exact) mass is 413 g/mol. The molecule has 0 amide bonds. The van der Waals surface area contributed by atoms with Crippen molar-refractivity contribution >= 4 is 22.8 Å². The van der Waals surface area contributed by atoms with Gasteiger partial charge in [-0.3, -0.25) is 5.41 Å². The van der Waals surface area contributed by atoms with Crippen LogP contribution >= 0.6 is 0 Å². The number of hydrogen-bond donors (Lipinski definition) is 2. The second-order valence-corrected chi connectivity index (χ2v) is 8.90. The molecule has 4 rings (SSSR count). The van der Waals surface area contributed by atoms with Crippen molar-refractivity contribution in [2.45, 2.75) is 47.0 Å². The van der Waals surface area contributed by atoms with Crippen molar-refractivity contribution in [2.24, 2.45) is 10.9 Å². The highest BCUT2D eigenvalue weighted by molar-refractivity contribution is 6.58. The Morgan fingerprint density at radius 3 is 2.68 bits per heavy atom. The van der Waals surface area contributed by atoms with E-state index in [-0.39, 0.29) is 0 Å². The van der Waals surface area contributed by atoms with Crippen molar-refractivity contribution in [3.05, 3.63) is 76.5 Å². The molecule has 2 aliphatic heterocycles. The fourth-order valence-electron chi connectivity index (χ4n) is 3.92. The van der Waals surface area contributed by atoms with Crippen molar-refractivity contribution in [3.8, 4) is 5.75 Å². The van der Waals surface area contributed by atoms with Crippen LogP contribution < -0.4 is 10.1 Å². The first-order valence-electron chi connectivity index (χ1n) is 11.1. The third-order valence-electron chi connectivity index (χ3n) is 5.87. The third-order valence-corrected chi connectivity index (χ3v) is 5.87. The molecular formula is C27H31N3O. The molecule has 4 heteroatoms. The SMILES string of the molecule is Cc1ccc2c(c1)N=C1NC=C(CCc3ccc(OCCC(C)C)cc3C)C=C2C1=N. The highest BCUT2D eigenvalue weighted by Gasteiger charge is 2.24. The van der Waals surface area contributed by atoms with Gasteiger partial charge in [-0.25, -0.2) is 4.99 Å². The fourth-order valence-corrected chi connectivity index (χ4v) is 3.92. The summed E-state index contributed by atoms with van der Waals surface area (Å²) >= 11 is 0. The Kier molecular flexibility index (Phi) is 6.08. The minimum absolute atomic E-state index is 0.460. The lowest BCUT2D eigenvalue weighted by Gasteiger charge is -2.18. The van der Waals surface area contributed by atoms with Gasteiger partial charge in [0.15, 0.2) is 5.84 Å². The summed E-state index contributed by atoms with van der Waals surface area (Å²) in [5.41, 5.74) is 8.31.